The van der Waals surface area contributed by atoms with Crippen molar-refractivity contribution in [3.05, 3.63) is 70.8 Å². The number of amides is 1. The highest BCUT2D eigenvalue weighted by Crippen LogP contribution is 2.50. The third-order valence-electron chi connectivity index (χ3n) is 4.43. The standard InChI is InChI=1S/C19H17N3OS/c23-18(19(6-7-19)17-2-1-11-24-17)22-13-14-3-10-21-16(12-14)15-4-8-20-9-5-15/h1-5,8-12H,6-7,13H2,(H,22,23). The molecule has 1 aliphatic carbocycles. The van der Waals surface area contributed by atoms with Crippen LogP contribution in [0.4, 0.5) is 0 Å². The fourth-order valence-corrected chi connectivity index (χ4v) is 3.86. The van der Waals surface area contributed by atoms with Crippen LogP contribution in [0.25, 0.3) is 11.3 Å². The molecule has 1 amide bonds. The van der Waals surface area contributed by atoms with Gasteiger partial charge in [-0.3, -0.25) is 14.8 Å². The number of thiophene rings is 1. The van der Waals surface area contributed by atoms with Gasteiger partial charge in [0.2, 0.25) is 5.91 Å². The van der Waals surface area contributed by atoms with Gasteiger partial charge in [-0.2, -0.15) is 0 Å². The van der Waals surface area contributed by atoms with E-state index < -0.39 is 0 Å². The number of pyridine rings is 2. The number of nitrogens with zero attached hydrogens (tertiary/aromatic N) is 2. The van der Waals surface area contributed by atoms with E-state index in [-0.39, 0.29) is 11.3 Å². The molecule has 3 heterocycles. The number of aromatic nitrogens is 2. The minimum atomic E-state index is -0.283. The predicted molar refractivity (Wildman–Crippen MR) is 94.5 cm³/mol. The van der Waals surface area contributed by atoms with Crippen molar-refractivity contribution in [2.45, 2.75) is 24.8 Å². The van der Waals surface area contributed by atoms with Gasteiger partial charge in [0.1, 0.15) is 0 Å². The van der Waals surface area contributed by atoms with Crippen LogP contribution < -0.4 is 5.32 Å². The Morgan fingerprint density at radius 1 is 1.17 bits per heavy atom. The van der Waals surface area contributed by atoms with Crippen LogP contribution in [0.2, 0.25) is 0 Å². The van der Waals surface area contributed by atoms with E-state index in [0.717, 1.165) is 29.7 Å². The summed E-state index contributed by atoms with van der Waals surface area (Å²) in [4.78, 5) is 22.2. The molecule has 0 aliphatic heterocycles. The first-order valence-corrected chi connectivity index (χ1v) is 8.83. The molecular formula is C19H17N3OS. The summed E-state index contributed by atoms with van der Waals surface area (Å²) < 4.78 is 0. The smallest absolute Gasteiger partial charge is 0.231 e. The lowest BCUT2D eigenvalue weighted by Crippen LogP contribution is -2.33. The maximum absolute atomic E-state index is 12.6. The summed E-state index contributed by atoms with van der Waals surface area (Å²) in [5.74, 6) is 0.132. The van der Waals surface area contributed by atoms with Crippen LogP contribution in [0.1, 0.15) is 23.3 Å². The molecule has 1 N–H and O–H groups in total. The second-order valence-corrected chi connectivity index (χ2v) is 6.97. The third-order valence-corrected chi connectivity index (χ3v) is 5.50. The maximum Gasteiger partial charge on any atom is 0.231 e. The zero-order valence-electron chi connectivity index (χ0n) is 13.1. The Balaban J connectivity index is 1.46. The Labute approximate surface area is 144 Å². The lowest BCUT2D eigenvalue weighted by atomic mass is 10.0. The second-order valence-electron chi connectivity index (χ2n) is 6.03. The van der Waals surface area contributed by atoms with Crippen molar-refractivity contribution < 1.29 is 4.79 Å². The molecule has 1 aliphatic rings. The number of nitrogens with one attached hydrogen (secondary N) is 1. The van der Waals surface area contributed by atoms with E-state index in [1.165, 1.54) is 4.88 Å². The second kappa shape index (κ2) is 6.17. The fraction of sp³-hybridized carbons (Fsp3) is 0.211. The minimum absolute atomic E-state index is 0.132. The molecule has 0 aromatic carbocycles. The van der Waals surface area contributed by atoms with Crippen molar-refractivity contribution in [3.63, 3.8) is 0 Å². The first kappa shape index (κ1) is 15.0. The Morgan fingerprint density at radius 3 is 2.71 bits per heavy atom. The van der Waals surface area contributed by atoms with Crippen LogP contribution in [0.3, 0.4) is 0 Å². The summed E-state index contributed by atoms with van der Waals surface area (Å²) in [5, 5.41) is 5.13. The molecule has 0 radical (unpaired) electrons. The number of hydrogen-bond acceptors (Lipinski definition) is 4. The molecule has 120 valence electrons. The molecule has 3 aromatic rings. The molecule has 1 saturated carbocycles. The molecular weight excluding hydrogens is 318 g/mol. The average molecular weight is 335 g/mol. The van der Waals surface area contributed by atoms with Crippen molar-refractivity contribution in [2.75, 3.05) is 0 Å². The first-order chi connectivity index (χ1) is 11.8. The maximum atomic E-state index is 12.6. The van der Waals surface area contributed by atoms with Gasteiger partial charge in [0.15, 0.2) is 0 Å². The van der Waals surface area contributed by atoms with E-state index >= 15 is 0 Å². The molecule has 4 nitrogen and oxygen atoms in total. The van der Waals surface area contributed by atoms with Crippen molar-refractivity contribution in [1.82, 2.24) is 15.3 Å². The predicted octanol–water partition coefficient (Wildman–Crippen LogP) is 3.55. The first-order valence-electron chi connectivity index (χ1n) is 7.96. The van der Waals surface area contributed by atoms with Gasteiger partial charge in [0, 0.05) is 35.6 Å². The summed E-state index contributed by atoms with van der Waals surface area (Å²) in [6.07, 6.45) is 7.17. The highest BCUT2D eigenvalue weighted by Gasteiger charge is 2.51. The van der Waals surface area contributed by atoms with E-state index in [1.54, 1.807) is 29.9 Å². The molecule has 4 rings (SSSR count). The van der Waals surface area contributed by atoms with Crippen LogP contribution in [0, 0.1) is 0 Å². The number of carbonyl (C=O) groups is 1. The van der Waals surface area contributed by atoms with Gasteiger partial charge >= 0.3 is 0 Å². The molecule has 1 fully saturated rings. The monoisotopic (exact) mass is 335 g/mol. The van der Waals surface area contributed by atoms with Gasteiger partial charge in [-0.05, 0) is 54.1 Å². The van der Waals surface area contributed by atoms with E-state index in [2.05, 4.69) is 21.4 Å². The Morgan fingerprint density at radius 2 is 2.00 bits per heavy atom. The van der Waals surface area contributed by atoms with Gasteiger partial charge in [0.25, 0.3) is 0 Å². The van der Waals surface area contributed by atoms with Gasteiger partial charge in [-0.15, -0.1) is 11.3 Å². The number of rotatable bonds is 5. The number of carbonyl (C=O) groups excluding carboxylic acids is 1. The van der Waals surface area contributed by atoms with E-state index in [0.29, 0.717) is 6.54 Å². The molecule has 24 heavy (non-hydrogen) atoms. The van der Waals surface area contributed by atoms with E-state index in [9.17, 15) is 4.79 Å². The fourth-order valence-electron chi connectivity index (χ4n) is 2.88. The third kappa shape index (κ3) is 2.83. The average Bonchev–Trinajstić information content (AvgIpc) is 3.27. The van der Waals surface area contributed by atoms with Gasteiger partial charge < -0.3 is 5.32 Å². The molecule has 0 bridgehead atoms. The van der Waals surface area contributed by atoms with Crippen LogP contribution >= 0.6 is 11.3 Å². The van der Waals surface area contributed by atoms with Crippen molar-refractivity contribution in [2.24, 2.45) is 0 Å². The van der Waals surface area contributed by atoms with Gasteiger partial charge in [0.05, 0.1) is 11.1 Å². The summed E-state index contributed by atoms with van der Waals surface area (Å²) in [6, 6.07) is 11.9. The zero-order chi connectivity index (χ0) is 16.4. The lowest BCUT2D eigenvalue weighted by Gasteiger charge is -2.14. The largest absolute Gasteiger partial charge is 0.351 e. The summed E-state index contributed by atoms with van der Waals surface area (Å²) in [5.41, 5.74) is 2.68. The number of hydrogen-bond donors (Lipinski definition) is 1. The normalized spacial score (nSPS) is 15.0. The van der Waals surface area contributed by atoms with Crippen molar-refractivity contribution >= 4 is 17.2 Å². The highest BCUT2D eigenvalue weighted by atomic mass is 32.1. The molecule has 5 heteroatoms. The zero-order valence-corrected chi connectivity index (χ0v) is 13.9. The molecule has 0 spiro atoms. The van der Waals surface area contributed by atoms with Crippen LogP contribution in [0.15, 0.2) is 60.4 Å². The Bertz CT molecular complexity index is 842. The van der Waals surface area contributed by atoms with Gasteiger partial charge in [-0.1, -0.05) is 6.07 Å². The summed E-state index contributed by atoms with van der Waals surface area (Å²) in [7, 11) is 0. The van der Waals surface area contributed by atoms with Crippen molar-refractivity contribution in [3.8, 4) is 11.3 Å². The topological polar surface area (TPSA) is 54.9 Å². The molecule has 3 aromatic heterocycles. The molecule has 0 atom stereocenters. The van der Waals surface area contributed by atoms with Crippen LogP contribution in [-0.2, 0) is 16.8 Å². The van der Waals surface area contributed by atoms with Crippen LogP contribution in [-0.4, -0.2) is 15.9 Å². The molecule has 0 saturated heterocycles. The van der Waals surface area contributed by atoms with Gasteiger partial charge in [-0.25, -0.2) is 0 Å². The van der Waals surface area contributed by atoms with Crippen molar-refractivity contribution in [1.29, 1.82) is 0 Å². The van der Waals surface area contributed by atoms with E-state index in [4.69, 9.17) is 0 Å². The quantitative estimate of drug-likeness (QED) is 0.776. The van der Waals surface area contributed by atoms with E-state index in [1.807, 2.05) is 35.7 Å². The Hall–Kier alpha value is -2.53. The minimum Gasteiger partial charge on any atom is -0.351 e. The SMILES string of the molecule is O=C(NCc1ccnc(-c2ccncc2)c1)C1(c2cccs2)CC1. The highest BCUT2D eigenvalue weighted by molar-refractivity contribution is 7.10. The molecule has 0 unspecified atom stereocenters. The summed E-state index contributed by atoms with van der Waals surface area (Å²) in [6.45, 7) is 0.520. The Kier molecular flexibility index (Phi) is 3.86. The van der Waals surface area contributed by atoms with Crippen LogP contribution in [0.5, 0.6) is 0 Å². The lowest BCUT2D eigenvalue weighted by molar-refractivity contribution is -0.123. The summed E-state index contributed by atoms with van der Waals surface area (Å²) >= 11 is 1.67.